The lowest BCUT2D eigenvalue weighted by Crippen LogP contribution is -2.35. The molecule has 0 aliphatic carbocycles. The van der Waals surface area contributed by atoms with E-state index in [0.29, 0.717) is 17.3 Å². The van der Waals surface area contributed by atoms with Gasteiger partial charge < -0.3 is 4.90 Å². The van der Waals surface area contributed by atoms with Crippen LogP contribution < -0.4 is 0 Å². The highest BCUT2D eigenvalue weighted by Gasteiger charge is 2.18. The molecule has 0 atom stereocenters. The van der Waals surface area contributed by atoms with Crippen LogP contribution in [0.15, 0.2) is 30.0 Å². The lowest BCUT2D eigenvalue weighted by atomic mass is 10.1. The Morgan fingerprint density at radius 2 is 2.38 bits per heavy atom. The van der Waals surface area contributed by atoms with E-state index in [4.69, 9.17) is 11.6 Å². The number of carbonyl (C=O) groups excluding carboxylic acids is 1. The first kappa shape index (κ1) is 11.1. The lowest BCUT2D eigenvalue weighted by Gasteiger charge is -2.26. The fourth-order valence-electron chi connectivity index (χ4n) is 1.80. The van der Waals surface area contributed by atoms with Gasteiger partial charge in [0.2, 0.25) is 0 Å². The maximum Gasteiger partial charge on any atom is 0.254 e. The van der Waals surface area contributed by atoms with E-state index in [0.717, 1.165) is 13.0 Å². The number of hydrogen-bond donors (Lipinski definition) is 0. The van der Waals surface area contributed by atoms with Gasteiger partial charge >= 0.3 is 0 Å². The van der Waals surface area contributed by atoms with Crippen molar-refractivity contribution in [3.63, 3.8) is 0 Å². The van der Waals surface area contributed by atoms with Crippen molar-refractivity contribution < 1.29 is 4.79 Å². The van der Waals surface area contributed by atoms with Crippen molar-refractivity contribution in [2.45, 2.75) is 13.3 Å². The number of rotatable bonds is 1. The van der Waals surface area contributed by atoms with Crippen molar-refractivity contribution >= 4 is 17.5 Å². The number of hydrogen-bond acceptors (Lipinski definition) is 2. The maximum atomic E-state index is 12.1. The molecule has 2 rings (SSSR count). The summed E-state index contributed by atoms with van der Waals surface area (Å²) in [6, 6.07) is 3.30. The van der Waals surface area contributed by atoms with Crippen LogP contribution in [0, 0.1) is 0 Å². The molecule has 2 heterocycles. The number of amides is 1. The van der Waals surface area contributed by atoms with E-state index in [-0.39, 0.29) is 5.91 Å². The predicted molar refractivity (Wildman–Crippen MR) is 63.5 cm³/mol. The van der Waals surface area contributed by atoms with Crippen LogP contribution in [-0.4, -0.2) is 28.9 Å². The second-order valence-corrected chi connectivity index (χ2v) is 4.32. The summed E-state index contributed by atoms with van der Waals surface area (Å²) in [7, 11) is 0. The van der Waals surface area contributed by atoms with E-state index >= 15 is 0 Å². The molecule has 1 aliphatic rings. The predicted octanol–water partition coefficient (Wildman–Crippen LogP) is 2.53. The first-order valence-electron chi connectivity index (χ1n) is 5.23. The molecule has 0 aromatic carbocycles. The molecule has 0 unspecified atom stereocenters. The van der Waals surface area contributed by atoms with Gasteiger partial charge in [0.05, 0.1) is 0 Å². The second kappa shape index (κ2) is 4.66. The average molecular weight is 237 g/mol. The fraction of sp³-hybridized carbons (Fsp3) is 0.333. The molecule has 0 bridgehead atoms. The Balaban J connectivity index is 2.16. The van der Waals surface area contributed by atoms with Gasteiger partial charge in [0.15, 0.2) is 0 Å². The topological polar surface area (TPSA) is 33.2 Å². The van der Waals surface area contributed by atoms with Gasteiger partial charge in [0.25, 0.3) is 5.91 Å². The zero-order chi connectivity index (χ0) is 11.5. The molecule has 84 valence electrons. The van der Waals surface area contributed by atoms with Gasteiger partial charge in [-0.25, -0.2) is 4.98 Å². The summed E-state index contributed by atoms with van der Waals surface area (Å²) in [5, 5.41) is 0.357. The molecule has 1 aliphatic heterocycles. The molecule has 0 fully saturated rings. The number of halogens is 1. The molecule has 0 spiro atoms. The summed E-state index contributed by atoms with van der Waals surface area (Å²) < 4.78 is 0. The minimum absolute atomic E-state index is 0.0248. The zero-order valence-electron chi connectivity index (χ0n) is 9.11. The van der Waals surface area contributed by atoms with Crippen LogP contribution in [0.5, 0.6) is 0 Å². The first-order valence-corrected chi connectivity index (χ1v) is 5.61. The molecular formula is C12H13ClN2O. The summed E-state index contributed by atoms with van der Waals surface area (Å²) in [6.45, 7) is 3.52. The molecule has 0 radical (unpaired) electrons. The highest BCUT2D eigenvalue weighted by Crippen LogP contribution is 2.14. The highest BCUT2D eigenvalue weighted by atomic mass is 35.5. The van der Waals surface area contributed by atoms with Crippen molar-refractivity contribution in [3.05, 3.63) is 40.7 Å². The number of aromatic nitrogens is 1. The molecule has 0 saturated carbocycles. The Morgan fingerprint density at radius 1 is 1.56 bits per heavy atom. The number of pyridine rings is 1. The van der Waals surface area contributed by atoms with Crippen molar-refractivity contribution in [2.75, 3.05) is 13.1 Å². The van der Waals surface area contributed by atoms with Crippen LogP contribution in [0.25, 0.3) is 0 Å². The largest absolute Gasteiger partial charge is 0.334 e. The first-order chi connectivity index (χ1) is 7.66. The van der Waals surface area contributed by atoms with E-state index in [2.05, 4.69) is 11.1 Å². The van der Waals surface area contributed by atoms with Gasteiger partial charge in [-0.15, -0.1) is 0 Å². The van der Waals surface area contributed by atoms with Crippen LogP contribution in [0.2, 0.25) is 5.15 Å². The van der Waals surface area contributed by atoms with Gasteiger partial charge in [-0.3, -0.25) is 4.79 Å². The molecule has 1 aromatic rings. The monoisotopic (exact) mass is 236 g/mol. The van der Waals surface area contributed by atoms with Gasteiger partial charge in [-0.2, -0.15) is 0 Å². The normalized spacial score (nSPS) is 15.9. The minimum atomic E-state index is 0.0248. The Morgan fingerprint density at radius 3 is 3.06 bits per heavy atom. The van der Waals surface area contributed by atoms with Crippen LogP contribution in [0.3, 0.4) is 0 Å². The SMILES string of the molecule is CC1=CCCN(C(=O)c2ccnc(Cl)c2)C1. The van der Waals surface area contributed by atoms with Crippen LogP contribution in [-0.2, 0) is 0 Å². The van der Waals surface area contributed by atoms with Crippen LogP contribution >= 0.6 is 11.6 Å². The minimum Gasteiger partial charge on any atom is -0.334 e. The van der Waals surface area contributed by atoms with Gasteiger partial charge in [-0.1, -0.05) is 23.3 Å². The summed E-state index contributed by atoms with van der Waals surface area (Å²) in [5.74, 6) is 0.0248. The third-order valence-corrected chi connectivity index (χ3v) is 2.80. The van der Waals surface area contributed by atoms with Crippen molar-refractivity contribution in [1.29, 1.82) is 0 Å². The Labute approximate surface area is 99.7 Å². The molecule has 3 nitrogen and oxygen atoms in total. The standard InChI is InChI=1S/C12H13ClN2O/c1-9-3-2-6-15(8-9)12(16)10-4-5-14-11(13)7-10/h3-5,7H,2,6,8H2,1H3. The molecule has 4 heteroatoms. The number of nitrogens with zero attached hydrogens (tertiary/aromatic N) is 2. The molecule has 0 N–H and O–H groups in total. The molecular weight excluding hydrogens is 224 g/mol. The summed E-state index contributed by atoms with van der Waals surface area (Å²) >= 11 is 5.76. The zero-order valence-corrected chi connectivity index (χ0v) is 9.87. The van der Waals surface area contributed by atoms with E-state index in [1.165, 1.54) is 5.57 Å². The van der Waals surface area contributed by atoms with Crippen LogP contribution in [0.1, 0.15) is 23.7 Å². The molecule has 16 heavy (non-hydrogen) atoms. The quantitative estimate of drug-likeness (QED) is 0.555. The maximum absolute atomic E-state index is 12.1. The van der Waals surface area contributed by atoms with E-state index in [1.807, 2.05) is 11.8 Å². The fourth-order valence-corrected chi connectivity index (χ4v) is 1.98. The van der Waals surface area contributed by atoms with Crippen molar-refractivity contribution in [3.8, 4) is 0 Å². The highest BCUT2D eigenvalue weighted by molar-refractivity contribution is 6.29. The molecule has 1 amide bonds. The van der Waals surface area contributed by atoms with Crippen molar-refractivity contribution in [2.24, 2.45) is 0 Å². The van der Waals surface area contributed by atoms with Crippen molar-refractivity contribution in [1.82, 2.24) is 9.88 Å². The summed E-state index contributed by atoms with van der Waals surface area (Å²) in [5.41, 5.74) is 1.84. The Hall–Kier alpha value is -1.35. The van der Waals surface area contributed by atoms with Gasteiger partial charge in [0, 0.05) is 24.8 Å². The molecule has 0 saturated heterocycles. The third-order valence-electron chi connectivity index (χ3n) is 2.59. The third kappa shape index (κ3) is 2.42. The molecule has 1 aromatic heterocycles. The smallest absolute Gasteiger partial charge is 0.254 e. The number of carbonyl (C=O) groups is 1. The van der Waals surface area contributed by atoms with E-state index in [9.17, 15) is 4.79 Å². The average Bonchev–Trinajstić information content (AvgIpc) is 2.28. The van der Waals surface area contributed by atoms with Crippen LogP contribution in [0.4, 0.5) is 0 Å². The lowest BCUT2D eigenvalue weighted by molar-refractivity contribution is 0.0766. The van der Waals surface area contributed by atoms with Gasteiger partial charge in [0.1, 0.15) is 5.15 Å². The Kier molecular flexibility index (Phi) is 3.25. The second-order valence-electron chi connectivity index (χ2n) is 3.93. The van der Waals surface area contributed by atoms with E-state index in [1.54, 1.807) is 18.3 Å². The summed E-state index contributed by atoms with van der Waals surface area (Å²) in [4.78, 5) is 17.8. The van der Waals surface area contributed by atoms with Gasteiger partial charge in [-0.05, 0) is 25.5 Å². The Bertz CT molecular complexity index is 442. The summed E-state index contributed by atoms with van der Waals surface area (Å²) in [6.07, 6.45) is 4.65. The van der Waals surface area contributed by atoms with E-state index < -0.39 is 0 Å².